The molecular weight excluding hydrogens is 370 g/mol. The van der Waals surface area contributed by atoms with Crippen LogP contribution in [-0.2, 0) is 11.3 Å². The minimum atomic E-state index is -0.350. The summed E-state index contributed by atoms with van der Waals surface area (Å²) in [5.74, 6) is -0.373. The largest absolute Gasteiger partial charge is 0.450 e. The molecule has 29 heavy (non-hydrogen) atoms. The zero-order chi connectivity index (χ0) is 20.6. The van der Waals surface area contributed by atoms with Crippen LogP contribution < -0.4 is 5.32 Å². The molecule has 0 aromatic heterocycles. The van der Waals surface area contributed by atoms with Crippen LogP contribution in [-0.4, -0.2) is 60.5 Å². The van der Waals surface area contributed by atoms with Gasteiger partial charge in [-0.3, -0.25) is 9.59 Å². The van der Waals surface area contributed by atoms with E-state index in [1.807, 2.05) is 30.3 Å². The number of hydrogen-bond donors (Lipinski definition) is 1. The summed E-state index contributed by atoms with van der Waals surface area (Å²) >= 11 is 0. The van der Waals surface area contributed by atoms with Crippen LogP contribution in [0.5, 0.6) is 0 Å². The number of nitrogens with zero attached hydrogens (tertiary/aromatic N) is 2. The molecule has 0 spiro atoms. The second-order valence-corrected chi connectivity index (χ2v) is 6.73. The van der Waals surface area contributed by atoms with Gasteiger partial charge in [-0.2, -0.15) is 0 Å². The molecule has 1 saturated heterocycles. The zero-order valence-corrected chi connectivity index (χ0v) is 16.5. The Bertz CT molecular complexity index is 861. The fourth-order valence-electron chi connectivity index (χ4n) is 3.16. The van der Waals surface area contributed by atoms with Crippen molar-refractivity contribution in [2.75, 3.05) is 32.8 Å². The van der Waals surface area contributed by atoms with Crippen molar-refractivity contribution in [2.24, 2.45) is 0 Å². The molecule has 3 amide bonds. The number of carbonyl (C=O) groups excluding carboxylic acids is 3. The number of piperazine rings is 1. The first-order valence-corrected chi connectivity index (χ1v) is 9.71. The molecule has 0 bridgehead atoms. The fourth-order valence-corrected chi connectivity index (χ4v) is 3.16. The summed E-state index contributed by atoms with van der Waals surface area (Å²) in [6, 6.07) is 16.4. The first-order valence-electron chi connectivity index (χ1n) is 9.71. The average Bonchev–Trinajstić information content (AvgIpc) is 2.78. The van der Waals surface area contributed by atoms with Gasteiger partial charge in [0.05, 0.1) is 6.61 Å². The van der Waals surface area contributed by atoms with Gasteiger partial charge in [0.2, 0.25) is 0 Å². The predicted octanol–water partition coefficient (Wildman–Crippen LogP) is 2.53. The van der Waals surface area contributed by atoms with E-state index in [2.05, 4.69) is 5.32 Å². The first kappa shape index (κ1) is 20.4. The molecule has 152 valence electrons. The van der Waals surface area contributed by atoms with Crippen LogP contribution in [0.3, 0.4) is 0 Å². The predicted molar refractivity (Wildman–Crippen MR) is 109 cm³/mol. The molecule has 3 rings (SSSR count). The lowest BCUT2D eigenvalue weighted by Crippen LogP contribution is -2.50. The molecule has 0 atom stereocenters. The van der Waals surface area contributed by atoms with E-state index in [9.17, 15) is 14.4 Å². The van der Waals surface area contributed by atoms with Gasteiger partial charge in [0.25, 0.3) is 11.8 Å². The van der Waals surface area contributed by atoms with Crippen LogP contribution in [0.25, 0.3) is 0 Å². The summed E-state index contributed by atoms with van der Waals surface area (Å²) in [7, 11) is 0. The first-order chi connectivity index (χ1) is 14.1. The third-order valence-corrected chi connectivity index (χ3v) is 4.76. The van der Waals surface area contributed by atoms with E-state index in [0.29, 0.717) is 50.5 Å². The van der Waals surface area contributed by atoms with E-state index in [1.165, 1.54) is 0 Å². The molecule has 1 aliphatic rings. The number of nitrogens with one attached hydrogen (secondary N) is 1. The highest BCUT2D eigenvalue weighted by molar-refractivity contribution is 5.99. The van der Waals surface area contributed by atoms with Gasteiger partial charge in [0.1, 0.15) is 0 Å². The molecule has 0 aliphatic carbocycles. The summed E-state index contributed by atoms with van der Waals surface area (Å²) in [4.78, 5) is 40.3. The van der Waals surface area contributed by atoms with Crippen LogP contribution in [0.4, 0.5) is 4.79 Å². The van der Waals surface area contributed by atoms with Crippen LogP contribution in [0.2, 0.25) is 0 Å². The normalized spacial score (nSPS) is 13.7. The summed E-state index contributed by atoms with van der Waals surface area (Å²) in [5.41, 5.74) is 1.91. The monoisotopic (exact) mass is 395 g/mol. The lowest BCUT2D eigenvalue weighted by Gasteiger charge is -2.34. The van der Waals surface area contributed by atoms with Crippen LogP contribution >= 0.6 is 0 Å². The zero-order valence-electron chi connectivity index (χ0n) is 16.5. The molecule has 1 heterocycles. The highest BCUT2D eigenvalue weighted by atomic mass is 16.6. The minimum Gasteiger partial charge on any atom is -0.450 e. The van der Waals surface area contributed by atoms with E-state index in [-0.39, 0.29) is 17.9 Å². The topological polar surface area (TPSA) is 79.0 Å². The smallest absolute Gasteiger partial charge is 0.409 e. The molecule has 2 aromatic rings. The fraction of sp³-hybridized carbons (Fsp3) is 0.318. The van der Waals surface area contributed by atoms with Crippen LogP contribution in [0, 0.1) is 0 Å². The van der Waals surface area contributed by atoms with Crippen molar-refractivity contribution in [3.63, 3.8) is 0 Å². The maximum Gasteiger partial charge on any atom is 0.409 e. The summed E-state index contributed by atoms with van der Waals surface area (Å²) in [5, 5.41) is 2.87. The van der Waals surface area contributed by atoms with E-state index in [0.717, 1.165) is 5.56 Å². The SMILES string of the molecule is CCOC(=O)N1CCN(C(=O)c2cccc(C(=O)NCc3ccccc3)c2)CC1. The lowest BCUT2D eigenvalue weighted by molar-refractivity contribution is 0.0570. The second-order valence-electron chi connectivity index (χ2n) is 6.73. The Kier molecular flexibility index (Phi) is 6.84. The summed E-state index contributed by atoms with van der Waals surface area (Å²) in [6.07, 6.45) is -0.350. The quantitative estimate of drug-likeness (QED) is 0.844. The van der Waals surface area contributed by atoms with E-state index in [4.69, 9.17) is 4.74 Å². The van der Waals surface area contributed by atoms with Crippen molar-refractivity contribution in [2.45, 2.75) is 13.5 Å². The molecular formula is C22H25N3O4. The molecule has 0 unspecified atom stereocenters. The summed E-state index contributed by atoms with van der Waals surface area (Å²) in [6.45, 7) is 4.25. The Morgan fingerprint density at radius 3 is 2.24 bits per heavy atom. The molecule has 2 aromatic carbocycles. The second kappa shape index (κ2) is 9.73. The number of ether oxygens (including phenoxy) is 1. The van der Waals surface area contributed by atoms with Crippen molar-refractivity contribution >= 4 is 17.9 Å². The van der Waals surface area contributed by atoms with Crippen molar-refractivity contribution in [1.29, 1.82) is 0 Å². The van der Waals surface area contributed by atoms with Crippen molar-refractivity contribution in [1.82, 2.24) is 15.1 Å². The Labute approximate surface area is 170 Å². The van der Waals surface area contributed by atoms with Crippen LogP contribution in [0.1, 0.15) is 33.2 Å². The van der Waals surface area contributed by atoms with Crippen molar-refractivity contribution < 1.29 is 19.1 Å². The van der Waals surface area contributed by atoms with Gasteiger partial charge in [-0.25, -0.2) is 4.79 Å². The standard InChI is InChI=1S/C22H25N3O4/c1-2-29-22(28)25-13-11-24(12-14-25)21(27)19-10-6-9-18(15-19)20(26)23-16-17-7-4-3-5-8-17/h3-10,15H,2,11-14,16H2,1H3,(H,23,26). The lowest BCUT2D eigenvalue weighted by atomic mass is 10.1. The number of amides is 3. The molecule has 0 saturated carbocycles. The molecule has 7 nitrogen and oxygen atoms in total. The molecule has 7 heteroatoms. The number of carbonyl (C=O) groups is 3. The van der Waals surface area contributed by atoms with Gasteiger partial charge in [0, 0.05) is 43.9 Å². The number of benzene rings is 2. The van der Waals surface area contributed by atoms with Crippen molar-refractivity contribution in [3.05, 3.63) is 71.3 Å². The highest BCUT2D eigenvalue weighted by Gasteiger charge is 2.25. The van der Waals surface area contributed by atoms with Gasteiger partial charge < -0.3 is 19.9 Å². The third-order valence-electron chi connectivity index (χ3n) is 4.76. The van der Waals surface area contributed by atoms with Gasteiger partial charge in [-0.15, -0.1) is 0 Å². The van der Waals surface area contributed by atoms with E-state index in [1.54, 1.807) is 41.0 Å². The Hall–Kier alpha value is -3.35. The van der Waals surface area contributed by atoms with Gasteiger partial charge in [-0.1, -0.05) is 36.4 Å². The maximum absolute atomic E-state index is 12.8. The minimum absolute atomic E-state index is 0.147. The Morgan fingerprint density at radius 2 is 1.55 bits per heavy atom. The van der Waals surface area contributed by atoms with Crippen molar-refractivity contribution in [3.8, 4) is 0 Å². The summed E-state index contributed by atoms with van der Waals surface area (Å²) < 4.78 is 5.00. The number of hydrogen-bond acceptors (Lipinski definition) is 4. The molecule has 1 fully saturated rings. The Balaban J connectivity index is 1.58. The average molecular weight is 395 g/mol. The van der Waals surface area contributed by atoms with E-state index < -0.39 is 0 Å². The molecule has 1 aliphatic heterocycles. The third kappa shape index (κ3) is 5.34. The number of rotatable bonds is 5. The maximum atomic E-state index is 12.8. The molecule has 1 N–H and O–H groups in total. The van der Waals surface area contributed by atoms with E-state index >= 15 is 0 Å². The Morgan fingerprint density at radius 1 is 0.897 bits per heavy atom. The van der Waals surface area contributed by atoms with Crippen LogP contribution in [0.15, 0.2) is 54.6 Å². The highest BCUT2D eigenvalue weighted by Crippen LogP contribution is 2.12. The van der Waals surface area contributed by atoms with Gasteiger partial charge >= 0.3 is 6.09 Å². The van der Waals surface area contributed by atoms with Gasteiger partial charge in [0.15, 0.2) is 0 Å². The van der Waals surface area contributed by atoms with Gasteiger partial charge in [-0.05, 0) is 30.7 Å². The molecule has 0 radical (unpaired) electrons.